The van der Waals surface area contributed by atoms with Crippen molar-refractivity contribution in [1.29, 1.82) is 0 Å². The van der Waals surface area contributed by atoms with Crippen LogP contribution in [-0.2, 0) is 19.3 Å². The zero-order chi connectivity index (χ0) is 12.8. The minimum atomic E-state index is 0.731. The predicted molar refractivity (Wildman–Crippen MR) is 78.8 cm³/mol. The van der Waals surface area contributed by atoms with E-state index in [4.69, 9.17) is 0 Å². The van der Waals surface area contributed by atoms with Crippen LogP contribution in [0.5, 0.6) is 0 Å². The van der Waals surface area contributed by atoms with E-state index in [-0.39, 0.29) is 0 Å². The second kappa shape index (κ2) is 6.39. The van der Waals surface area contributed by atoms with E-state index in [0.717, 1.165) is 18.8 Å². The maximum atomic E-state index is 2.36. The van der Waals surface area contributed by atoms with Gasteiger partial charge >= 0.3 is 0 Å². The van der Waals surface area contributed by atoms with Crippen molar-refractivity contribution in [3.63, 3.8) is 0 Å². The van der Waals surface area contributed by atoms with Crippen molar-refractivity contribution in [2.24, 2.45) is 5.92 Å². The highest BCUT2D eigenvalue weighted by Crippen LogP contribution is 2.13. The molecule has 2 aromatic rings. The van der Waals surface area contributed by atoms with Crippen molar-refractivity contribution in [2.75, 3.05) is 0 Å². The molecule has 2 aromatic carbocycles. The van der Waals surface area contributed by atoms with E-state index >= 15 is 0 Å². The highest BCUT2D eigenvalue weighted by atomic mass is 14.1. The van der Waals surface area contributed by atoms with E-state index in [1.54, 1.807) is 0 Å². The zero-order valence-electron chi connectivity index (χ0n) is 11.4. The van der Waals surface area contributed by atoms with Crippen LogP contribution in [0.2, 0.25) is 0 Å². The molecule has 0 heterocycles. The molecule has 0 heteroatoms. The molecule has 0 aromatic heterocycles. The smallest absolute Gasteiger partial charge is 0.0238 e. The van der Waals surface area contributed by atoms with Gasteiger partial charge in [-0.2, -0.15) is 0 Å². The van der Waals surface area contributed by atoms with Gasteiger partial charge in [0, 0.05) is 0 Å². The Morgan fingerprint density at radius 3 is 2.06 bits per heavy atom. The maximum Gasteiger partial charge on any atom is -0.0238 e. The number of benzene rings is 2. The lowest BCUT2D eigenvalue weighted by Gasteiger charge is -2.07. The Morgan fingerprint density at radius 2 is 1.33 bits per heavy atom. The van der Waals surface area contributed by atoms with Crippen LogP contribution in [0, 0.1) is 5.92 Å². The number of hydrogen-bond donors (Lipinski definition) is 0. The van der Waals surface area contributed by atoms with E-state index in [9.17, 15) is 0 Å². The van der Waals surface area contributed by atoms with Gasteiger partial charge in [-0.15, -0.1) is 0 Å². The minimum absolute atomic E-state index is 0.731. The van der Waals surface area contributed by atoms with Gasteiger partial charge in [-0.1, -0.05) is 68.4 Å². The summed E-state index contributed by atoms with van der Waals surface area (Å²) in [4.78, 5) is 0. The molecule has 0 atom stereocenters. The quantitative estimate of drug-likeness (QED) is 0.710. The molecule has 94 valence electrons. The molecule has 0 amide bonds. The molecule has 0 aliphatic rings. The first kappa shape index (κ1) is 12.9. The Morgan fingerprint density at radius 1 is 0.722 bits per heavy atom. The normalized spacial score (nSPS) is 10.8. The lowest BCUT2D eigenvalue weighted by Crippen LogP contribution is -1.96. The summed E-state index contributed by atoms with van der Waals surface area (Å²) in [6.45, 7) is 4.55. The first-order valence-corrected chi connectivity index (χ1v) is 6.86. The van der Waals surface area contributed by atoms with Crippen molar-refractivity contribution < 1.29 is 0 Å². The van der Waals surface area contributed by atoms with Crippen LogP contribution in [0.1, 0.15) is 30.5 Å². The monoisotopic (exact) mass is 238 g/mol. The lowest BCUT2D eigenvalue weighted by molar-refractivity contribution is 0.646. The first-order valence-electron chi connectivity index (χ1n) is 6.86. The molecule has 18 heavy (non-hydrogen) atoms. The van der Waals surface area contributed by atoms with Gasteiger partial charge in [0.15, 0.2) is 0 Å². The van der Waals surface area contributed by atoms with E-state index < -0.39 is 0 Å². The van der Waals surface area contributed by atoms with Gasteiger partial charge in [0.05, 0.1) is 0 Å². The Labute approximate surface area is 111 Å². The van der Waals surface area contributed by atoms with Crippen LogP contribution >= 0.6 is 0 Å². The van der Waals surface area contributed by atoms with E-state index in [2.05, 4.69) is 68.4 Å². The molecule has 0 saturated carbocycles. The molecule has 0 fully saturated rings. The Kier molecular flexibility index (Phi) is 4.58. The topological polar surface area (TPSA) is 0 Å². The highest BCUT2D eigenvalue weighted by Gasteiger charge is 2.00. The fourth-order valence-electron chi connectivity index (χ4n) is 2.32. The summed E-state index contributed by atoms with van der Waals surface area (Å²) in [6, 6.07) is 19.8. The minimum Gasteiger partial charge on any atom is -0.0625 e. The average molecular weight is 238 g/mol. The van der Waals surface area contributed by atoms with Crippen molar-refractivity contribution in [1.82, 2.24) is 0 Å². The average Bonchev–Trinajstić information content (AvgIpc) is 2.37. The van der Waals surface area contributed by atoms with Crippen molar-refractivity contribution in [2.45, 2.75) is 33.1 Å². The fourth-order valence-corrected chi connectivity index (χ4v) is 2.32. The Bertz CT molecular complexity index is 468. The molecule has 0 nitrogen and oxygen atoms in total. The summed E-state index contributed by atoms with van der Waals surface area (Å²) >= 11 is 0. The van der Waals surface area contributed by atoms with Gasteiger partial charge in [0.1, 0.15) is 0 Å². The summed E-state index contributed by atoms with van der Waals surface area (Å²) in [5.41, 5.74) is 4.35. The molecule has 0 spiro atoms. The van der Waals surface area contributed by atoms with Crippen LogP contribution in [0.15, 0.2) is 54.6 Å². The molecular formula is C18H22. The van der Waals surface area contributed by atoms with Gasteiger partial charge in [-0.05, 0) is 41.9 Å². The van der Waals surface area contributed by atoms with Gasteiger partial charge < -0.3 is 0 Å². The largest absolute Gasteiger partial charge is 0.0625 e. The molecule has 0 unspecified atom stereocenters. The van der Waals surface area contributed by atoms with Crippen molar-refractivity contribution >= 4 is 0 Å². The first-order chi connectivity index (χ1) is 8.74. The lowest BCUT2D eigenvalue weighted by atomic mass is 9.98. The molecule has 0 aliphatic heterocycles. The molecule has 0 radical (unpaired) electrons. The zero-order valence-corrected chi connectivity index (χ0v) is 11.4. The third-order valence-electron chi connectivity index (χ3n) is 3.18. The molecule has 0 saturated heterocycles. The summed E-state index contributed by atoms with van der Waals surface area (Å²) < 4.78 is 0. The second-order valence-corrected chi connectivity index (χ2v) is 5.40. The van der Waals surface area contributed by atoms with E-state index in [1.165, 1.54) is 23.1 Å². The molecule has 0 bridgehead atoms. The van der Waals surface area contributed by atoms with Crippen LogP contribution in [-0.4, -0.2) is 0 Å². The SMILES string of the molecule is CC(C)Cc1cccc(CCc2ccccc2)c1. The molecule has 2 rings (SSSR count). The van der Waals surface area contributed by atoms with Gasteiger partial charge in [0.2, 0.25) is 0 Å². The summed E-state index contributed by atoms with van der Waals surface area (Å²) in [6.07, 6.45) is 3.45. The Balaban J connectivity index is 1.97. The fraction of sp³-hybridized carbons (Fsp3) is 0.333. The van der Waals surface area contributed by atoms with E-state index in [0.29, 0.717) is 0 Å². The molecule has 0 N–H and O–H groups in total. The van der Waals surface area contributed by atoms with Crippen LogP contribution in [0.3, 0.4) is 0 Å². The summed E-state index contributed by atoms with van der Waals surface area (Å²) in [5, 5.41) is 0. The van der Waals surface area contributed by atoms with Gasteiger partial charge in [0.25, 0.3) is 0 Å². The number of hydrogen-bond acceptors (Lipinski definition) is 0. The maximum absolute atomic E-state index is 2.36. The van der Waals surface area contributed by atoms with E-state index in [1.807, 2.05) is 0 Å². The predicted octanol–water partition coefficient (Wildman–Crippen LogP) is 4.67. The van der Waals surface area contributed by atoms with Gasteiger partial charge in [-0.3, -0.25) is 0 Å². The molecular weight excluding hydrogens is 216 g/mol. The summed E-state index contributed by atoms with van der Waals surface area (Å²) in [7, 11) is 0. The van der Waals surface area contributed by atoms with Crippen LogP contribution < -0.4 is 0 Å². The third-order valence-corrected chi connectivity index (χ3v) is 3.18. The molecule has 0 aliphatic carbocycles. The second-order valence-electron chi connectivity index (χ2n) is 5.40. The number of rotatable bonds is 5. The highest BCUT2D eigenvalue weighted by molar-refractivity contribution is 5.25. The third kappa shape index (κ3) is 4.03. The standard InChI is InChI=1S/C18H22/c1-15(2)13-18-10-6-9-17(14-18)12-11-16-7-4-3-5-8-16/h3-10,14-15H,11-13H2,1-2H3. The van der Waals surface area contributed by atoms with Crippen LogP contribution in [0.25, 0.3) is 0 Å². The number of aryl methyl sites for hydroxylation is 2. The van der Waals surface area contributed by atoms with Crippen molar-refractivity contribution in [3.05, 3.63) is 71.3 Å². The van der Waals surface area contributed by atoms with Crippen LogP contribution in [0.4, 0.5) is 0 Å². The summed E-state index contributed by atoms with van der Waals surface area (Å²) in [5.74, 6) is 0.731. The van der Waals surface area contributed by atoms with Gasteiger partial charge in [-0.25, -0.2) is 0 Å². The Hall–Kier alpha value is -1.56. The van der Waals surface area contributed by atoms with Crippen molar-refractivity contribution in [3.8, 4) is 0 Å².